The number of ether oxygens (including phenoxy) is 2. The molecule has 2 unspecified atom stereocenters. The van der Waals surface area contributed by atoms with Crippen LogP contribution in [-0.2, 0) is 9.47 Å². The van der Waals surface area contributed by atoms with Crippen LogP contribution in [0, 0.1) is 0 Å². The maximum Gasteiger partial charge on any atom is 0.160 e. The van der Waals surface area contributed by atoms with Crippen LogP contribution in [0.3, 0.4) is 0 Å². The van der Waals surface area contributed by atoms with Gasteiger partial charge in [0.05, 0.1) is 12.2 Å². The minimum absolute atomic E-state index is 0.361. The van der Waals surface area contributed by atoms with Gasteiger partial charge >= 0.3 is 0 Å². The van der Waals surface area contributed by atoms with Gasteiger partial charge in [-0.2, -0.15) is 0 Å². The maximum absolute atomic E-state index is 9.73. The van der Waals surface area contributed by atoms with Crippen molar-refractivity contribution >= 4 is 0 Å². The van der Waals surface area contributed by atoms with Crippen molar-refractivity contribution in [2.45, 2.75) is 135 Å². The van der Waals surface area contributed by atoms with Gasteiger partial charge in [-0.3, -0.25) is 0 Å². The first-order valence-electron chi connectivity index (χ1n) is 11.3. The van der Waals surface area contributed by atoms with Crippen LogP contribution in [0.15, 0.2) is 0 Å². The molecule has 26 heavy (non-hydrogen) atoms. The summed E-state index contributed by atoms with van der Waals surface area (Å²) in [6, 6.07) is 0. The van der Waals surface area contributed by atoms with E-state index in [9.17, 15) is 10.2 Å². The van der Waals surface area contributed by atoms with Crippen molar-refractivity contribution < 1.29 is 19.7 Å². The van der Waals surface area contributed by atoms with Crippen molar-refractivity contribution in [3.63, 3.8) is 0 Å². The van der Waals surface area contributed by atoms with Crippen LogP contribution in [-0.4, -0.2) is 41.4 Å². The summed E-state index contributed by atoms with van der Waals surface area (Å²) in [7, 11) is 0. The molecule has 4 nitrogen and oxygen atoms in total. The molecule has 0 bridgehead atoms. The predicted octanol–water partition coefficient (Wildman–Crippen LogP) is 5.34. The van der Waals surface area contributed by atoms with E-state index in [1.54, 1.807) is 6.92 Å². The van der Waals surface area contributed by atoms with E-state index in [-0.39, 0.29) is 12.4 Å². The van der Waals surface area contributed by atoms with Crippen LogP contribution in [0.2, 0.25) is 0 Å². The lowest BCUT2D eigenvalue weighted by Gasteiger charge is -2.35. The summed E-state index contributed by atoms with van der Waals surface area (Å²) >= 11 is 0. The third kappa shape index (κ3) is 11.5. The van der Waals surface area contributed by atoms with E-state index in [0.717, 1.165) is 6.42 Å². The smallest absolute Gasteiger partial charge is 0.160 e. The fourth-order valence-electron chi connectivity index (χ4n) is 3.64. The summed E-state index contributed by atoms with van der Waals surface area (Å²) < 4.78 is 11.2. The Balaban J connectivity index is 1.79. The molecule has 0 aromatic heterocycles. The number of aliphatic hydroxyl groups is 2. The molecule has 0 aromatic carbocycles. The first-order chi connectivity index (χ1) is 12.6. The van der Waals surface area contributed by atoms with Crippen LogP contribution in [0.1, 0.15) is 110 Å². The standard InChI is InChI=1S/C22H44O4/c1-3-4-5-6-7-8-9-10-11-12-13-14-15-16-17-25-21-18-20(23)22(24)19(2)26-21/h19-24H,3-18H2,1-2H3/t19?,20?,21-,22+/m1/s1. The van der Waals surface area contributed by atoms with Crippen LogP contribution in [0.5, 0.6) is 0 Å². The Morgan fingerprint density at radius 3 is 1.69 bits per heavy atom. The third-order valence-electron chi connectivity index (χ3n) is 5.48. The molecule has 1 fully saturated rings. The molecule has 0 amide bonds. The molecule has 4 heteroatoms. The second kappa shape index (κ2) is 15.9. The van der Waals surface area contributed by atoms with Gasteiger partial charge in [-0.05, 0) is 13.3 Å². The Bertz CT molecular complexity index is 299. The Morgan fingerprint density at radius 2 is 1.23 bits per heavy atom. The summed E-state index contributed by atoms with van der Waals surface area (Å²) in [5.74, 6) is 0. The molecular formula is C22H44O4. The topological polar surface area (TPSA) is 58.9 Å². The first kappa shape index (κ1) is 23.9. The van der Waals surface area contributed by atoms with Crippen LogP contribution in [0.25, 0.3) is 0 Å². The van der Waals surface area contributed by atoms with Crippen molar-refractivity contribution in [3.05, 3.63) is 0 Å². The largest absolute Gasteiger partial charge is 0.390 e. The predicted molar refractivity (Wildman–Crippen MR) is 107 cm³/mol. The number of hydrogen-bond donors (Lipinski definition) is 2. The van der Waals surface area contributed by atoms with Gasteiger partial charge in [-0.15, -0.1) is 0 Å². The molecule has 0 aliphatic carbocycles. The minimum atomic E-state index is -0.795. The van der Waals surface area contributed by atoms with Crippen molar-refractivity contribution in [2.24, 2.45) is 0 Å². The van der Waals surface area contributed by atoms with E-state index in [1.807, 2.05) is 0 Å². The molecule has 4 atom stereocenters. The number of aliphatic hydroxyl groups excluding tert-OH is 2. The molecule has 1 aliphatic heterocycles. The normalized spacial score (nSPS) is 26.3. The highest BCUT2D eigenvalue weighted by Gasteiger charge is 2.34. The van der Waals surface area contributed by atoms with E-state index < -0.39 is 12.2 Å². The molecule has 2 N–H and O–H groups in total. The van der Waals surface area contributed by atoms with Crippen LogP contribution < -0.4 is 0 Å². The van der Waals surface area contributed by atoms with Crippen LogP contribution >= 0.6 is 0 Å². The van der Waals surface area contributed by atoms with Crippen LogP contribution in [0.4, 0.5) is 0 Å². The monoisotopic (exact) mass is 372 g/mol. The average Bonchev–Trinajstić information content (AvgIpc) is 2.62. The van der Waals surface area contributed by atoms with Crippen molar-refractivity contribution in [2.75, 3.05) is 6.61 Å². The molecule has 1 saturated heterocycles. The number of unbranched alkanes of at least 4 members (excludes halogenated alkanes) is 13. The average molecular weight is 373 g/mol. The number of rotatable bonds is 16. The SMILES string of the molecule is CCCCCCCCCCCCCCCCO[C@H]1CC(O)[C@@H](O)C(C)O1. The second-order valence-corrected chi connectivity index (χ2v) is 8.03. The third-order valence-corrected chi connectivity index (χ3v) is 5.48. The Hall–Kier alpha value is -0.160. The van der Waals surface area contributed by atoms with E-state index in [0.29, 0.717) is 13.0 Å². The fourth-order valence-corrected chi connectivity index (χ4v) is 3.64. The van der Waals surface area contributed by atoms with E-state index >= 15 is 0 Å². The highest BCUT2D eigenvalue weighted by atomic mass is 16.7. The molecule has 156 valence electrons. The van der Waals surface area contributed by atoms with E-state index in [4.69, 9.17) is 9.47 Å². The van der Waals surface area contributed by atoms with E-state index in [2.05, 4.69) is 6.92 Å². The molecule has 1 rings (SSSR count). The van der Waals surface area contributed by atoms with Gasteiger partial charge in [0.1, 0.15) is 6.10 Å². The summed E-state index contributed by atoms with van der Waals surface area (Å²) in [4.78, 5) is 0. The molecule has 1 aliphatic rings. The maximum atomic E-state index is 9.73. The molecule has 1 heterocycles. The van der Waals surface area contributed by atoms with Crippen molar-refractivity contribution in [1.82, 2.24) is 0 Å². The summed E-state index contributed by atoms with van der Waals surface area (Å²) in [6.07, 6.45) is 17.0. The van der Waals surface area contributed by atoms with Crippen molar-refractivity contribution in [1.29, 1.82) is 0 Å². The highest BCUT2D eigenvalue weighted by Crippen LogP contribution is 2.21. The Morgan fingerprint density at radius 1 is 0.769 bits per heavy atom. The van der Waals surface area contributed by atoms with Gasteiger partial charge in [0, 0.05) is 13.0 Å². The molecule has 0 radical (unpaired) electrons. The molecule has 0 saturated carbocycles. The highest BCUT2D eigenvalue weighted by molar-refractivity contribution is 4.79. The Labute approximate surface area is 161 Å². The zero-order valence-corrected chi connectivity index (χ0v) is 17.3. The summed E-state index contributed by atoms with van der Waals surface area (Å²) in [5, 5.41) is 19.4. The van der Waals surface area contributed by atoms with Gasteiger partial charge in [0.25, 0.3) is 0 Å². The van der Waals surface area contributed by atoms with Crippen molar-refractivity contribution in [3.8, 4) is 0 Å². The molecule has 0 spiro atoms. The second-order valence-electron chi connectivity index (χ2n) is 8.03. The van der Waals surface area contributed by atoms with E-state index in [1.165, 1.54) is 83.5 Å². The lowest BCUT2D eigenvalue weighted by atomic mass is 10.0. The lowest BCUT2D eigenvalue weighted by Crippen LogP contribution is -2.47. The van der Waals surface area contributed by atoms with Gasteiger partial charge < -0.3 is 19.7 Å². The summed E-state index contributed by atoms with van der Waals surface area (Å²) in [5.41, 5.74) is 0. The fraction of sp³-hybridized carbons (Fsp3) is 1.00. The Kier molecular flexibility index (Phi) is 14.6. The molecular weight excluding hydrogens is 328 g/mol. The minimum Gasteiger partial charge on any atom is -0.390 e. The van der Waals surface area contributed by atoms with Gasteiger partial charge in [-0.1, -0.05) is 90.4 Å². The lowest BCUT2D eigenvalue weighted by molar-refractivity contribution is -0.246. The number of hydrogen-bond acceptors (Lipinski definition) is 4. The quantitative estimate of drug-likeness (QED) is 0.359. The molecule has 0 aromatic rings. The zero-order chi connectivity index (χ0) is 19.0. The zero-order valence-electron chi connectivity index (χ0n) is 17.3. The van der Waals surface area contributed by atoms with Gasteiger partial charge in [0.15, 0.2) is 6.29 Å². The first-order valence-corrected chi connectivity index (χ1v) is 11.3. The van der Waals surface area contributed by atoms with Gasteiger partial charge in [-0.25, -0.2) is 0 Å². The summed E-state index contributed by atoms with van der Waals surface area (Å²) in [6.45, 7) is 4.73. The van der Waals surface area contributed by atoms with Gasteiger partial charge in [0.2, 0.25) is 0 Å².